The largest absolute Gasteiger partial charge is 0.325 e. The predicted molar refractivity (Wildman–Crippen MR) is 40.4 cm³/mol. The SMILES string of the molecule is C[C@H]1C[C@@H](F)[C@@H](N)[C@@H](C)C1. The number of hydrogen-bond donors (Lipinski definition) is 1. The maximum absolute atomic E-state index is 13.0. The highest BCUT2D eigenvalue weighted by Crippen LogP contribution is 2.29. The molecular formula is C8H16FN. The number of nitrogens with two attached hydrogens (primary N) is 1. The lowest BCUT2D eigenvalue weighted by Crippen LogP contribution is -2.43. The van der Waals surface area contributed by atoms with Crippen molar-refractivity contribution in [3.63, 3.8) is 0 Å². The van der Waals surface area contributed by atoms with Crippen LogP contribution < -0.4 is 5.73 Å². The van der Waals surface area contributed by atoms with Gasteiger partial charge in [0.2, 0.25) is 0 Å². The average molecular weight is 145 g/mol. The lowest BCUT2D eigenvalue weighted by Gasteiger charge is -2.32. The monoisotopic (exact) mass is 145 g/mol. The molecule has 1 aliphatic carbocycles. The van der Waals surface area contributed by atoms with Crippen LogP contribution in [0.15, 0.2) is 0 Å². The quantitative estimate of drug-likeness (QED) is 0.552. The summed E-state index contributed by atoms with van der Waals surface area (Å²) in [6.45, 7) is 4.13. The normalized spacial score (nSPS) is 49.2. The van der Waals surface area contributed by atoms with Crippen molar-refractivity contribution in [3.8, 4) is 0 Å². The van der Waals surface area contributed by atoms with E-state index >= 15 is 0 Å². The van der Waals surface area contributed by atoms with Gasteiger partial charge in [-0.1, -0.05) is 13.8 Å². The van der Waals surface area contributed by atoms with Gasteiger partial charge in [-0.3, -0.25) is 0 Å². The van der Waals surface area contributed by atoms with Crippen LogP contribution in [-0.4, -0.2) is 12.2 Å². The van der Waals surface area contributed by atoms with Crippen LogP contribution in [0.5, 0.6) is 0 Å². The van der Waals surface area contributed by atoms with Crippen LogP contribution in [-0.2, 0) is 0 Å². The number of hydrogen-bond acceptors (Lipinski definition) is 1. The van der Waals surface area contributed by atoms with Crippen molar-refractivity contribution in [2.45, 2.75) is 38.9 Å². The summed E-state index contributed by atoms with van der Waals surface area (Å²) in [7, 11) is 0. The Bertz CT molecular complexity index is 104. The first-order chi connectivity index (χ1) is 4.61. The predicted octanol–water partition coefficient (Wildman–Crippen LogP) is 1.72. The Morgan fingerprint density at radius 2 is 1.90 bits per heavy atom. The van der Waals surface area contributed by atoms with Gasteiger partial charge in [0.15, 0.2) is 0 Å². The molecule has 0 aromatic heterocycles. The van der Waals surface area contributed by atoms with E-state index in [1.807, 2.05) is 6.92 Å². The Kier molecular flexibility index (Phi) is 2.29. The molecule has 10 heavy (non-hydrogen) atoms. The van der Waals surface area contributed by atoms with Gasteiger partial charge in [0, 0.05) is 6.04 Å². The summed E-state index contributed by atoms with van der Waals surface area (Å²) in [4.78, 5) is 0. The second-order valence-corrected chi connectivity index (χ2v) is 3.65. The molecule has 1 aliphatic rings. The van der Waals surface area contributed by atoms with Crippen LogP contribution in [0.1, 0.15) is 26.7 Å². The first-order valence-corrected chi connectivity index (χ1v) is 4.01. The number of alkyl halides is 1. The highest BCUT2D eigenvalue weighted by Gasteiger charge is 2.30. The smallest absolute Gasteiger partial charge is 0.116 e. The van der Waals surface area contributed by atoms with Gasteiger partial charge in [0.25, 0.3) is 0 Å². The zero-order valence-corrected chi connectivity index (χ0v) is 6.68. The summed E-state index contributed by atoms with van der Waals surface area (Å²) in [6, 6.07) is -0.212. The summed E-state index contributed by atoms with van der Waals surface area (Å²) in [5.41, 5.74) is 5.61. The van der Waals surface area contributed by atoms with Crippen LogP contribution in [0.3, 0.4) is 0 Å². The Morgan fingerprint density at radius 3 is 2.40 bits per heavy atom. The zero-order valence-electron chi connectivity index (χ0n) is 6.68. The second-order valence-electron chi connectivity index (χ2n) is 3.65. The molecule has 4 atom stereocenters. The molecule has 0 aromatic carbocycles. The van der Waals surface area contributed by atoms with Gasteiger partial charge in [0.05, 0.1) is 0 Å². The van der Waals surface area contributed by atoms with Gasteiger partial charge in [0.1, 0.15) is 6.17 Å². The Hall–Kier alpha value is -0.110. The van der Waals surface area contributed by atoms with Gasteiger partial charge in [-0.15, -0.1) is 0 Å². The Labute approximate surface area is 61.8 Å². The minimum Gasteiger partial charge on any atom is -0.325 e. The highest BCUT2D eigenvalue weighted by atomic mass is 19.1. The molecule has 0 aliphatic heterocycles. The van der Waals surface area contributed by atoms with E-state index in [0.717, 1.165) is 6.42 Å². The van der Waals surface area contributed by atoms with Gasteiger partial charge >= 0.3 is 0 Å². The first-order valence-electron chi connectivity index (χ1n) is 4.01. The Morgan fingerprint density at radius 1 is 1.30 bits per heavy atom. The molecule has 0 radical (unpaired) electrons. The lowest BCUT2D eigenvalue weighted by molar-refractivity contribution is 0.135. The standard InChI is InChI=1S/C8H16FN/c1-5-3-6(2)8(10)7(9)4-5/h5-8H,3-4,10H2,1-2H3/t5-,6+,7-,8+/m1/s1. The molecule has 0 saturated heterocycles. The van der Waals surface area contributed by atoms with Crippen LogP contribution in [0, 0.1) is 11.8 Å². The Balaban J connectivity index is 2.49. The second kappa shape index (κ2) is 2.87. The molecule has 2 N–H and O–H groups in total. The van der Waals surface area contributed by atoms with Gasteiger partial charge in [-0.05, 0) is 24.7 Å². The molecule has 0 bridgehead atoms. The van der Waals surface area contributed by atoms with Crippen molar-refractivity contribution in [2.24, 2.45) is 17.6 Å². The van der Waals surface area contributed by atoms with E-state index in [2.05, 4.69) is 6.92 Å². The maximum Gasteiger partial charge on any atom is 0.116 e. The fraction of sp³-hybridized carbons (Fsp3) is 1.00. The summed E-state index contributed by atoms with van der Waals surface area (Å²) in [6.07, 6.45) is 0.978. The third-order valence-corrected chi connectivity index (χ3v) is 2.48. The van der Waals surface area contributed by atoms with E-state index in [0.29, 0.717) is 18.3 Å². The molecule has 1 nitrogen and oxygen atoms in total. The van der Waals surface area contributed by atoms with Gasteiger partial charge in [-0.25, -0.2) is 4.39 Å². The summed E-state index contributed by atoms with van der Waals surface area (Å²) in [5, 5.41) is 0. The van der Waals surface area contributed by atoms with Crippen molar-refractivity contribution in [1.82, 2.24) is 0 Å². The third kappa shape index (κ3) is 1.48. The van der Waals surface area contributed by atoms with E-state index in [1.54, 1.807) is 0 Å². The van der Waals surface area contributed by atoms with E-state index in [1.165, 1.54) is 0 Å². The van der Waals surface area contributed by atoms with Crippen LogP contribution in [0.25, 0.3) is 0 Å². The van der Waals surface area contributed by atoms with Gasteiger partial charge in [-0.2, -0.15) is 0 Å². The van der Waals surface area contributed by atoms with Crippen molar-refractivity contribution in [2.75, 3.05) is 0 Å². The molecule has 60 valence electrons. The van der Waals surface area contributed by atoms with Gasteiger partial charge < -0.3 is 5.73 Å². The van der Waals surface area contributed by atoms with E-state index < -0.39 is 6.17 Å². The minimum absolute atomic E-state index is 0.212. The number of rotatable bonds is 0. The summed E-state index contributed by atoms with van der Waals surface area (Å²) < 4.78 is 13.0. The lowest BCUT2D eigenvalue weighted by atomic mass is 9.79. The fourth-order valence-corrected chi connectivity index (χ4v) is 1.79. The fourth-order valence-electron chi connectivity index (χ4n) is 1.79. The van der Waals surface area contributed by atoms with Crippen molar-refractivity contribution in [1.29, 1.82) is 0 Å². The molecule has 1 rings (SSSR count). The summed E-state index contributed by atoms with van der Waals surface area (Å²) in [5.74, 6) is 0.878. The van der Waals surface area contributed by atoms with Crippen molar-refractivity contribution < 1.29 is 4.39 Å². The molecular weight excluding hydrogens is 129 g/mol. The van der Waals surface area contributed by atoms with Crippen molar-refractivity contribution in [3.05, 3.63) is 0 Å². The third-order valence-electron chi connectivity index (χ3n) is 2.48. The molecule has 0 aromatic rings. The number of halogens is 1. The minimum atomic E-state index is -0.765. The average Bonchev–Trinajstić information content (AvgIpc) is 1.82. The molecule has 0 unspecified atom stereocenters. The highest BCUT2D eigenvalue weighted by molar-refractivity contribution is 4.85. The molecule has 0 amide bonds. The maximum atomic E-state index is 13.0. The van der Waals surface area contributed by atoms with Crippen LogP contribution >= 0.6 is 0 Å². The molecule has 0 spiro atoms. The molecule has 0 heterocycles. The molecule has 2 heteroatoms. The summed E-state index contributed by atoms with van der Waals surface area (Å²) >= 11 is 0. The van der Waals surface area contributed by atoms with E-state index in [-0.39, 0.29) is 6.04 Å². The molecule has 1 fully saturated rings. The van der Waals surface area contributed by atoms with E-state index in [9.17, 15) is 4.39 Å². The topological polar surface area (TPSA) is 26.0 Å². The first kappa shape index (κ1) is 7.99. The van der Waals surface area contributed by atoms with Crippen LogP contribution in [0.4, 0.5) is 4.39 Å². The van der Waals surface area contributed by atoms with Crippen LogP contribution in [0.2, 0.25) is 0 Å². The molecule has 1 saturated carbocycles. The van der Waals surface area contributed by atoms with Crippen molar-refractivity contribution >= 4 is 0 Å². The zero-order chi connectivity index (χ0) is 7.72. The van der Waals surface area contributed by atoms with E-state index in [4.69, 9.17) is 5.73 Å².